The number of hydrogen-bond donors (Lipinski definition) is 2. The Balaban J connectivity index is 1.92. The van der Waals surface area contributed by atoms with Crippen LogP contribution in [0.15, 0.2) is 53.5 Å². The van der Waals surface area contributed by atoms with Crippen LogP contribution in [0.3, 0.4) is 0 Å². The molecule has 2 aromatic carbocycles. The van der Waals surface area contributed by atoms with E-state index >= 15 is 0 Å². The van der Waals surface area contributed by atoms with E-state index in [4.69, 9.17) is 11.6 Å². The highest BCUT2D eigenvalue weighted by molar-refractivity contribution is 6.35. The molecule has 0 fully saturated rings. The summed E-state index contributed by atoms with van der Waals surface area (Å²) < 4.78 is 1.66. The molecule has 0 aliphatic carbocycles. The smallest absolute Gasteiger partial charge is 0.261 e. The van der Waals surface area contributed by atoms with Crippen LogP contribution < -0.4 is 16.1 Å². The van der Waals surface area contributed by atoms with Crippen LogP contribution in [-0.2, 0) is 11.8 Å². The van der Waals surface area contributed by atoms with Crippen molar-refractivity contribution >= 4 is 45.7 Å². The lowest BCUT2D eigenvalue weighted by Crippen LogP contribution is -2.23. The van der Waals surface area contributed by atoms with E-state index in [-0.39, 0.29) is 16.9 Å². The number of benzene rings is 2. The number of fused-ring (bicyclic) bond motifs is 1. The first-order chi connectivity index (χ1) is 12.4. The third-order valence-electron chi connectivity index (χ3n) is 3.86. The van der Waals surface area contributed by atoms with E-state index in [2.05, 4.69) is 10.6 Å². The maximum Gasteiger partial charge on any atom is 0.261 e. The molecule has 0 aliphatic heterocycles. The second-order valence-corrected chi connectivity index (χ2v) is 6.24. The molecule has 2 N–H and O–H groups in total. The van der Waals surface area contributed by atoms with Gasteiger partial charge in [0.2, 0.25) is 11.3 Å². The molecule has 26 heavy (non-hydrogen) atoms. The van der Waals surface area contributed by atoms with Crippen molar-refractivity contribution in [1.29, 1.82) is 0 Å². The summed E-state index contributed by atoms with van der Waals surface area (Å²) in [5.74, 6) is -0.695. The summed E-state index contributed by atoms with van der Waals surface area (Å²) in [6.07, 6.45) is 1.47. The van der Waals surface area contributed by atoms with Crippen LogP contribution in [0.5, 0.6) is 0 Å². The van der Waals surface area contributed by atoms with E-state index in [0.29, 0.717) is 27.3 Å². The molecular weight excluding hydrogens is 354 g/mol. The van der Waals surface area contributed by atoms with Crippen molar-refractivity contribution in [2.45, 2.75) is 6.92 Å². The van der Waals surface area contributed by atoms with Gasteiger partial charge < -0.3 is 15.2 Å². The lowest BCUT2D eigenvalue weighted by atomic mass is 10.1. The lowest BCUT2D eigenvalue weighted by molar-refractivity contribution is -0.114. The van der Waals surface area contributed by atoms with Gasteiger partial charge in [-0.05, 0) is 36.4 Å². The van der Waals surface area contributed by atoms with Gasteiger partial charge in [-0.1, -0.05) is 17.7 Å². The average Bonchev–Trinajstić information content (AvgIpc) is 2.59. The van der Waals surface area contributed by atoms with Gasteiger partial charge in [0.15, 0.2) is 0 Å². The third kappa shape index (κ3) is 3.45. The van der Waals surface area contributed by atoms with Crippen LogP contribution >= 0.6 is 11.6 Å². The van der Waals surface area contributed by atoms with Crippen LogP contribution in [-0.4, -0.2) is 16.4 Å². The zero-order chi connectivity index (χ0) is 18.8. The predicted octanol–water partition coefficient (Wildman–Crippen LogP) is 3.40. The van der Waals surface area contributed by atoms with Crippen molar-refractivity contribution in [1.82, 2.24) is 4.57 Å². The minimum atomic E-state index is -0.514. The Kier molecular flexibility index (Phi) is 4.77. The SMILES string of the molecule is CC(=O)Nc1ccc(NC(=O)c2cn(C)c3c(Cl)cccc3c2=O)cc1. The molecule has 1 aromatic heterocycles. The van der Waals surface area contributed by atoms with Gasteiger partial charge in [0.1, 0.15) is 5.56 Å². The number of nitrogens with zero attached hydrogens (tertiary/aromatic N) is 1. The van der Waals surface area contributed by atoms with E-state index in [1.54, 1.807) is 54.1 Å². The molecule has 1 heterocycles. The number of halogens is 1. The predicted molar refractivity (Wildman–Crippen MR) is 103 cm³/mol. The van der Waals surface area contributed by atoms with Crippen molar-refractivity contribution < 1.29 is 9.59 Å². The molecule has 0 saturated carbocycles. The van der Waals surface area contributed by atoms with E-state index < -0.39 is 5.91 Å². The number of rotatable bonds is 3. The van der Waals surface area contributed by atoms with Gasteiger partial charge in [0, 0.05) is 36.9 Å². The minimum Gasteiger partial charge on any atom is -0.348 e. The third-order valence-corrected chi connectivity index (χ3v) is 4.16. The van der Waals surface area contributed by atoms with Gasteiger partial charge in [-0.3, -0.25) is 14.4 Å². The molecule has 2 amide bonds. The number of anilines is 2. The van der Waals surface area contributed by atoms with Crippen molar-refractivity contribution in [3.63, 3.8) is 0 Å². The molecule has 0 unspecified atom stereocenters. The number of aryl methyl sites for hydroxylation is 1. The molecule has 132 valence electrons. The van der Waals surface area contributed by atoms with Gasteiger partial charge in [0.05, 0.1) is 10.5 Å². The summed E-state index contributed by atoms with van der Waals surface area (Å²) in [5, 5.41) is 6.16. The molecule has 0 bridgehead atoms. The Morgan fingerprint density at radius 2 is 1.62 bits per heavy atom. The Bertz CT molecular complexity index is 1070. The van der Waals surface area contributed by atoms with Crippen LogP contribution in [0.25, 0.3) is 10.9 Å². The molecule has 0 atom stereocenters. The number of aromatic nitrogens is 1. The molecule has 6 nitrogen and oxygen atoms in total. The zero-order valence-electron chi connectivity index (χ0n) is 14.2. The van der Waals surface area contributed by atoms with Gasteiger partial charge in [-0.2, -0.15) is 0 Å². The quantitative estimate of drug-likeness (QED) is 0.742. The van der Waals surface area contributed by atoms with E-state index in [0.717, 1.165) is 0 Å². The van der Waals surface area contributed by atoms with Crippen molar-refractivity contribution in [3.05, 3.63) is 69.5 Å². The van der Waals surface area contributed by atoms with Crippen LogP contribution in [0.1, 0.15) is 17.3 Å². The maximum atomic E-state index is 12.7. The van der Waals surface area contributed by atoms with Gasteiger partial charge in [-0.15, -0.1) is 0 Å². The normalized spacial score (nSPS) is 10.6. The maximum absolute atomic E-state index is 12.7. The molecule has 7 heteroatoms. The van der Waals surface area contributed by atoms with Gasteiger partial charge in [-0.25, -0.2) is 0 Å². The summed E-state index contributed by atoms with van der Waals surface area (Å²) in [6, 6.07) is 11.6. The molecular formula is C19H16ClN3O3. The molecule has 0 radical (unpaired) electrons. The Morgan fingerprint density at radius 3 is 2.23 bits per heavy atom. The first kappa shape index (κ1) is 17.7. The highest BCUT2D eigenvalue weighted by Gasteiger charge is 2.16. The standard InChI is InChI=1S/C19H16ClN3O3/c1-11(24)21-12-6-8-13(9-7-12)22-19(26)15-10-23(2)17-14(18(15)25)4-3-5-16(17)20/h3-10H,1-2H3,(H,21,24)(H,22,26). The van der Waals surface area contributed by atoms with Crippen molar-refractivity contribution in [2.75, 3.05) is 10.6 Å². The highest BCUT2D eigenvalue weighted by Crippen LogP contribution is 2.21. The average molecular weight is 370 g/mol. The fraction of sp³-hybridized carbons (Fsp3) is 0.105. The summed E-state index contributed by atoms with van der Waals surface area (Å²) >= 11 is 6.16. The lowest BCUT2D eigenvalue weighted by Gasteiger charge is -2.11. The molecule has 0 saturated heterocycles. The zero-order valence-corrected chi connectivity index (χ0v) is 14.9. The van der Waals surface area contributed by atoms with Crippen molar-refractivity contribution in [2.24, 2.45) is 7.05 Å². The topological polar surface area (TPSA) is 80.2 Å². The van der Waals surface area contributed by atoms with Gasteiger partial charge in [0.25, 0.3) is 5.91 Å². The number of para-hydroxylation sites is 1. The Hall–Kier alpha value is -3.12. The van der Waals surface area contributed by atoms with E-state index in [9.17, 15) is 14.4 Å². The fourth-order valence-electron chi connectivity index (χ4n) is 2.72. The number of hydrogen-bond acceptors (Lipinski definition) is 3. The molecule has 0 spiro atoms. The van der Waals surface area contributed by atoms with Gasteiger partial charge >= 0.3 is 0 Å². The largest absolute Gasteiger partial charge is 0.348 e. The molecule has 3 aromatic rings. The second-order valence-electron chi connectivity index (χ2n) is 5.83. The van der Waals surface area contributed by atoms with E-state index in [1.807, 2.05) is 0 Å². The monoisotopic (exact) mass is 369 g/mol. The number of nitrogens with one attached hydrogen (secondary N) is 2. The van der Waals surface area contributed by atoms with Crippen molar-refractivity contribution in [3.8, 4) is 0 Å². The number of amides is 2. The van der Waals surface area contributed by atoms with E-state index in [1.165, 1.54) is 13.1 Å². The summed E-state index contributed by atoms with van der Waals surface area (Å²) in [7, 11) is 1.73. The number of carbonyl (C=O) groups is 2. The van der Waals surface area contributed by atoms with Crippen LogP contribution in [0, 0.1) is 0 Å². The fourth-order valence-corrected chi connectivity index (χ4v) is 3.03. The number of carbonyl (C=O) groups excluding carboxylic acids is 2. The first-order valence-corrected chi connectivity index (χ1v) is 8.21. The van der Waals surface area contributed by atoms with Crippen LogP contribution in [0.2, 0.25) is 5.02 Å². The Labute approximate surface area is 154 Å². The highest BCUT2D eigenvalue weighted by atomic mass is 35.5. The molecule has 3 rings (SSSR count). The number of pyridine rings is 1. The molecule has 0 aliphatic rings. The summed E-state index contributed by atoms with van der Waals surface area (Å²) in [5.41, 5.74) is 1.35. The minimum absolute atomic E-state index is 0.0215. The van der Waals surface area contributed by atoms with Crippen LogP contribution in [0.4, 0.5) is 11.4 Å². The summed E-state index contributed by atoms with van der Waals surface area (Å²) in [4.78, 5) is 36.2. The first-order valence-electron chi connectivity index (χ1n) is 7.83. The summed E-state index contributed by atoms with van der Waals surface area (Å²) in [6.45, 7) is 1.41. The Morgan fingerprint density at radius 1 is 1.00 bits per heavy atom. The second kappa shape index (κ2) is 7.01.